The van der Waals surface area contributed by atoms with Crippen molar-refractivity contribution in [3.8, 4) is 11.5 Å². The lowest BCUT2D eigenvalue weighted by molar-refractivity contribution is 0.180. The maximum absolute atomic E-state index is 13.1. The molecule has 0 radical (unpaired) electrons. The van der Waals surface area contributed by atoms with Crippen LogP contribution in [0.2, 0.25) is 0 Å². The van der Waals surface area contributed by atoms with Gasteiger partial charge in [-0.2, -0.15) is 4.31 Å². The molecule has 0 N–H and O–H groups in total. The molecule has 26 heavy (non-hydrogen) atoms. The van der Waals surface area contributed by atoms with E-state index in [0.717, 1.165) is 18.6 Å². The van der Waals surface area contributed by atoms with E-state index in [-0.39, 0.29) is 5.92 Å². The molecular formula is C20H25NO4S. The maximum atomic E-state index is 13.1. The van der Waals surface area contributed by atoms with E-state index >= 15 is 0 Å². The van der Waals surface area contributed by atoms with Gasteiger partial charge >= 0.3 is 0 Å². The summed E-state index contributed by atoms with van der Waals surface area (Å²) in [5, 5.41) is 0. The molecule has 3 rings (SSSR count). The summed E-state index contributed by atoms with van der Waals surface area (Å²) in [6.07, 6.45) is 1.82. The van der Waals surface area contributed by atoms with Crippen molar-refractivity contribution in [2.24, 2.45) is 5.92 Å². The maximum Gasteiger partial charge on any atom is 0.243 e. The summed E-state index contributed by atoms with van der Waals surface area (Å²) in [5.74, 6) is 1.67. The van der Waals surface area contributed by atoms with Crippen LogP contribution in [0.3, 0.4) is 0 Å². The molecule has 2 aromatic carbocycles. The number of piperidine rings is 1. The van der Waals surface area contributed by atoms with Crippen LogP contribution in [0.25, 0.3) is 0 Å². The summed E-state index contributed by atoms with van der Waals surface area (Å²) in [6.45, 7) is 3.36. The Hall–Kier alpha value is -2.05. The Morgan fingerprint density at radius 2 is 1.88 bits per heavy atom. The molecule has 0 bridgehead atoms. The summed E-state index contributed by atoms with van der Waals surface area (Å²) in [5.41, 5.74) is 0.701. The van der Waals surface area contributed by atoms with Crippen LogP contribution in [0.1, 0.15) is 18.4 Å². The van der Waals surface area contributed by atoms with Gasteiger partial charge in [-0.25, -0.2) is 8.42 Å². The van der Waals surface area contributed by atoms with E-state index in [9.17, 15) is 8.42 Å². The van der Waals surface area contributed by atoms with E-state index in [0.29, 0.717) is 35.9 Å². The number of para-hydroxylation sites is 1. The largest absolute Gasteiger partial charge is 0.497 e. The molecule has 1 aliphatic rings. The highest BCUT2D eigenvalue weighted by Crippen LogP contribution is 2.28. The van der Waals surface area contributed by atoms with Crippen molar-refractivity contribution in [1.29, 1.82) is 0 Å². The molecule has 1 unspecified atom stereocenters. The minimum atomic E-state index is -3.51. The number of rotatable bonds is 6. The Balaban J connectivity index is 1.70. The van der Waals surface area contributed by atoms with Crippen LogP contribution >= 0.6 is 0 Å². The summed E-state index contributed by atoms with van der Waals surface area (Å²) in [4.78, 5) is 0.350. The molecule has 2 aromatic rings. The Labute approximate surface area is 155 Å². The molecule has 1 aliphatic heterocycles. The van der Waals surface area contributed by atoms with Crippen LogP contribution in [-0.2, 0) is 10.0 Å². The highest BCUT2D eigenvalue weighted by atomic mass is 32.2. The van der Waals surface area contributed by atoms with Crippen molar-refractivity contribution < 1.29 is 17.9 Å². The number of hydrogen-bond acceptors (Lipinski definition) is 4. The lowest BCUT2D eigenvalue weighted by Gasteiger charge is -2.32. The highest BCUT2D eigenvalue weighted by Gasteiger charge is 2.31. The zero-order chi connectivity index (χ0) is 18.6. The second kappa shape index (κ2) is 8.10. The number of methoxy groups -OCH3 is 1. The molecule has 0 saturated carbocycles. The van der Waals surface area contributed by atoms with E-state index in [1.807, 2.05) is 30.3 Å². The zero-order valence-electron chi connectivity index (χ0n) is 15.2. The monoisotopic (exact) mass is 375 g/mol. The quantitative estimate of drug-likeness (QED) is 0.776. The van der Waals surface area contributed by atoms with Gasteiger partial charge in [-0.3, -0.25) is 0 Å². The third-order valence-electron chi connectivity index (χ3n) is 4.71. The predicted molar refractivity (Wildman–Crippen MR) is 101 cm³/mol. The Morgan fingerprint density at radius 1 is 1.12 bits per heavy atom. The van der Waals surface area contributed by atoms with Crippen LogP contribution < -0.4 is 9.47 Å². The fourth-order valence-corrected chi connectivity index (χ4v) is 5.05. The van der Waals surface area contributed by atoms with Gasteiger partial charge in [0.2, 0.25) is 10.0 Å². The highest BCUT2D eigenvalue weighted by molar-refractivity contribution is 7.89. The van der Waals surface area contributed by atoms with Crippen molar-refractivity contribution in [2.45, 2.75) is 24.7 Å². The number of sulfonamides is 1. The van der Waals surface area contributed by atoms with E-state index < -0.39 is 10.0 Å². The normalized spacial score (nSPS) is 18.5. The van der Waals surface area contributed by atoms with Crippen LogP contribution in [0.15, 0.2) is 53.4 Å². The van der Waals surface area contributed by atoms with Crippen molar-refractivity contribution in [2.75, 3.05) is 26.8 Å². The molecular weight excluding hydrogens is 350 g/mol. The number of benzene rings is 2. The van der Waals surface area contributed by atoms with E-state index in [4.69, 9.17) is 9.47 Å². The summed E-state index contributed by atoms with van der Waals surface area (Å²) < 4.78 is 38.7. The summed E-state index contributed by atoms with van der Waals surface area (Å²) in [6, 6.07) is 14.7. The fourth-order valence-electron chi connectivity index (χ4n) is 3.29. The van der Waals surface area contributed by atoms with Gasteiger partial charge in [0.15, 0.2) is 0 Å². The second-order valence-corrected chi connectivity index (χ2v) is 8.53. The molecule has 1 fully saturated rings. The predicted octanol–water partition coefficient (Wildman–Crippen LogP) is 3.48. The molecule has 140 valence electrons. The van der Waals surface area contributed by atoms with Crippen LogP contribution in [0.5, 0.6) is 11.5 Å². The van der Waals surface area contributed by atoms with Crippen molar-refractivity contribution in [3.63, 3.8) is 0 Å². The third-order valence-corrected chi connectivity index (χ3v) is 6.74. The SMILES string of the molecule is COc1ccc(S(=O)(=O)N2CCCC(COc3ccccc3)C2)c(C)c1. The van der Waals surface area contributed by atoms with Crippen LogP contribution in [0.4, 0.5) is 0 Å². The first-order valence-electron chi connectivity index (χ1n) is 8.83. The van der Waals surface area contributed by atoms with Gasteiger partial charge < -0.3 is 9.47 Å². The molecule has 5 nitrogen and oxygen atoms in total. The fraction of sp³-hybridized carbons (Fsp3) is 0.400. The molecule has 6 heteroatoms. The molecule has 1 heterocycles. The molecule has 1 atom stereocenters. The molecule has 0 spiro atoms. The first kappa shape index (κ1) is 18.7. The minimum Gasteiger partial charge on any atom is -0.497 e. The standard InChI is InChI=1S/C20H25NO4S/c1-16-13-19(24-2)10-11-20(16)26(22,23)21-12-6-7-17(14-21)15-25-18-8-4-3-5-9-18/h3-5,8-11,13,17H,6-7,12,14-15H2,1-2H3. The van der Waals surface area contributed by atoms with Gasteiger partial charge in [0, 0.05) is 19.0 Å². The number of aryl methyl sites for hydroxylation is 1. The zero-order valence-corrected chi connectivity index (χ0v) is 16.0. The average molecular weight is 375 g/mol. The second-order valence-electron chi connectivity index (χ2n) is 6.63. The van der Waals surface area contributed by atoms with Crippen molar-refractivity contribution >= 4 is 10.0 Å². The van der Waals surface area contributed by atoms with Gasteiger partial charge in [-0.15, -0.1) is 0 Å². The Kier molecular flexibility index (Phi) is 5.84. The number of hydrogen-bond donors (Lipinski definition) is 0. The minimum absolute atomic E-state index is 0.192. The van der Waals surface area contributed by atoms with Gasteiger partial charge in [-0.1, -0.05) is 18.2 Å². The van der Waals surface area contributed by atoms with E-state index in [1.165, 1.54) is 0 Å². The van der Waals surface area contributed by atoms with Crippen molar-refractivity contribution in [1.82, 2.24) is 4.31 Å². The number of ether oxygens (including phenoxy) is 2. The number of nitrogens with zero attached hydrogens (tertiary/aromatic N) is 1. The topological polar surface area (TPSA) is 55.8 Å². The first-order valence-corrected chi connectivity index (χ1v) is 10.3. The molecule has 0 aliphatic carbocycles. The average Bonchev–Trinajstić information content (AvgIpc) is 2.67. The first-order chi connectivity index (χ1) is 12.5. The lowest BCUT2D eigenvalue weighted by atomic mass is 10.0. The van der Waals surface area contributed by atoms with E-state index in [2.05, 4.69) is 0 Å². The summed E-state index contributed by atoms with van der Waals surface area (Å²) >= 11 is 0. The molecule has 0 aromatic heterocycles. The van der Waals surface area contributed by atoms with Crippen LogP contribution in [0, 0.1) is 12.8 Å². The molecule has 1 saturated heterocycles. The van der Waals surface area contributed by atoms with Gasteiger partial charge in [-0.05, 0) is 55.7 Å². The Bertz CT molecular complexity index is 836. The van der Waals surface area contributed by atoms with Gasteiger partial charge in [0.25, 0.3) is 0 Å². The summed E-state index contributed by atoms with van der Waals surface area (Å²) in [7, 11) is -1.94. The molecule has 0 amide bonds. The van der Waals surface area contributed by atoms with Gasteiger partial charge in [0.05, 0.1) is 18.6 Å². The smallest absolute Gasteiger partial charge is 0.243 e. The van der Waals surface area contributed by atoms with E-state index in [1.54, 1.807) is 36.5 Å². The van der Waals surface area contributed by atoms with Crippen LogP contribution in [-0.4, -0.2) is 39.5 Å². The Morgan fingerprint density at radius 3 is 2.58 bits per heavy atom. The lowest BCUT2D eigenvalue weighted by Crippen LogP contribution is -2.41. The van der Waals surface area contributed by atoms with Crippen molar-refractivity contribution in [3.05, 3.63) is 54.1 Å². The van der Waals surface area contributed by atoms with Gasteiger partial charge in [0.1, 0.15) is 11.5 Å². The third kappa shape index (κ3) is 4.19.